The molecule has 0 aromatic heterocycles. The standard InChI is InChI=1S/C12H26N2O3S/c1-5-6-7-8-13-11(15)14-9-10-18(16,17)12(2,3)4/h5-10H2,1-4H3,(H2,13,14,15). The second kappa shape index (κ2) is 7.61. The van der Waals surface area contributed by atoms with E-state index in [-0.39, 0.29) is 18.3 Å². The third-order valence-electron chi connectivity index (χ3n) is 2.66. The van der Waals surface area contributed by atoms with Crippen LogP contribution in [0.25, 0.3) is 0 Å². The summed E-state index contributed by atoms with van der Waals surface area (Å²) in [6.07, 6.45) is 3.13. The first kappa shape index (κ1) is 17.2. The van der Waals surface area contributed by atoms with E-state index in [1.165, 1.54) is 0 Å². The number of carbonyl (C=O) groups excluding carboxylic acids is 1. The predicted octanol–water partition coefficient (Wildman–Crippen LogP) is 1.69. The Balaban J connectivity index is 3.82. The van der Waals surface area contributed by atoms with Crippen LogP contribution in [0.2, 0.25) is 0 Å². The van der Waals surface area contributed by atoms with Gasteiger partial charge in [0.05, 0.1) is 10.5 Å². The zero-order valence-electron chi connectivity index (χ0n) is 11.9. The maximum absolute atomic E-state index is 11.8. The molecule has 0 fully saturated rings. The molecule has 6 heteroatoms. The molecule has 0 aliphatic rings. The quantitative estimate of drug-likeness (QED) is 0.696. The van der Waals surface area contributed by atoms with Crippen molar-refractivity contribution in [2.45, 2.75) is 51.7 Å². The first-order valence-corrected chi connectivity index (χ1v) is 8.10. The molecule has 108 valence electrons. The third kappa shape index (κ3) is 6.83. The molecule has 0 aromatic rings. The molecule has 0 aromatic carbocycles. The van der Waals surface area contributed by atoms with Crippen molar-refractivity contribution in [3.63, 3.8) is 0 Å². The number of sulfone groups is 1. The van der Waals surface area contributed by atoms with Crippen LogP contribution in [0.3, 0.4) is 0 Å². The summed E-state index contributed by atoms with van der Waals surface area (Å²) in [4.78, 5) is 11.3. The van der Waals surface area contributed by atoms with Crippen LogP contribution < -0.4 is 10.6 Å². The molecular formula is C12H26N2O3S. The third-order valence-corrected chi connectivity index (χ3v) is 5.26. The fourth-order valence-electron chi connectivity index (χ4n) is 1.24. The molecule has 0 atom stereocenters. The molecule has 0 heterocycles. The summed E-state index contributed by atoms with van der Waals surface area (Å²) in [5.41, 5.74) is 0. The molecule has 0 saturated carbocycles. The van der Waals surface area contributed by atoms with Crippen LogP contribution in [-0.4, -0.2) is 38.0 Å². The van der Waals surface area contributed by atoms with Crippen LogP contribution in [0.4, 0.5) is 4.79 Å². The summed E-state index contributed by atoms with van der Waals surface area (Å²) in [7, 11) is -3.17. The van der Waals surface area contributed by atoms with E-state index >= 15 is 0 Å². The van der Waals surface area contributed by atoms with Gasteiger partial charge in [-0.3, -0.25) is 0 Å². The molecule has 0 bridgehead atoms. The van der Waals surface area contributed by atoms with Crippen molar-refractivity contribution in [2.24, 2.45) is 0 Å². The Labute approximate surface area is 111 Å². The van der Waals surface area contributed by atoms with Gasteiger partial charge in [-0.15, -0.1) is 0 Å². The Hall–Kier alpha value is -0.780. The minimum atomic E-state index is -3.17. The average Bonchev–Trinajstić information content (AvgIpc) is 2.22. The minimum absolute atomic E-state index is 0.0289. The Bertz CT molecular complexity index is 345. The number of unbranched alkanes of at least 4 members (excludes halogenated alkanes) is 2. The van der Waals surface area contributed by atoms with Crippen LogP contribution >= 0.6 is 0 Å². The van der Waals surface area contributed by atoms with Gasteiger partial charge >= 0.3 is 6.03 Å². The van der Waals surface area contributed by atoms with E-state index in [2.05, 4.69) is 17.6 Å². The first-order valence-electron chi connectivity index (χ1n) is 6.44. The van der Waals surface area contributed by atoms with Gasteiger partial charge in [0.25, 0.3) is 0 Å². The van der Waals surface area contributed by atoms with Gasteiger partial charge in [0, 0.05) is 13.1 Å². The lowest BCUT2D eigenvalue weighted by molar-refractivity contribution is 0.241. The Morgan fingerprint density at radius 2 is 1.61 bits per heavy atom. The van der Waals surface area contributed by atoms with Crippen LogP contribution in [0.1, 0.15) is 47.0 Å². The van der Waals surface area contributed by atoms with Gasteiger partial charge in [-0.05, 0) is 27.2 Å². The lowest BCUT2D eigenvalue weighted by Gasteiger charge is -2.19. The van der Waals surface area contributed by atoms with Crippen LogP contribution in [-0.2, 0) is 9.84 Å². The highest BCUT2D eigenvalue weighted by Crippen LogP contribution is 2.15. The topological polar surface area (TPSA) is 75.3 Å². The van der Waals surface area contributed by atoms with Crippen molar-refractivity contribution >= 4 is 15.9 Å². The van der Waals surface area contributed by atoms with Crippen molar-refractivity contribution in [1.82, 2.24) is 10.6 Å². The molecule has 0 rings (SSSR count). The smallest absolute Gasteiger partial charge is 0.314 e. The molecule has 0 radical (unpaired) electrons. The molecule has 5 nitrogen and oxygen atoms in total. The van der Waals surface area contributed by atoms with E-state index in [0.29, 0.717) is 6.54 Å². The largest absolute Gasteiger partial charge is 0.338 e. The number of hydrogen-bond donors (Lipinski definition) is 2. The van der Waals surface area contributed by atoms with Gasteiger partial charge < -0.3 is 10.6 Å². The van der Waals surface area contributed by atoms with E-state index in [9.17, 15) is 13.2 Å². The van der Waals surface area contributed by atoms with Gasteiger partial charge in [0.1, 0.15) is 0 Å². The molecule has 0 aliphatic carbocycles. The predicted molar refractivity (Wildman–Crippen MR) is 74.5 cm³/mol. The number of hydrogen-bond acceptors (Lipinski definition) is 3. The summed E-state index contributed by atoms with van der Waals surface area (Å²) in [6.45, 7) is 7.86. The van der Waals surface area contributed by atoms with Gasteiger partial charge in [-0.2, -0.15) is 0 Å². The zero-order chi connectivity index (χ0) is 14.2. The number of nitrogens with one attached hydrogen (secondary N) is 2. The van der Waals surface area contributed by atoms with Crippen molar-refractivity contribution in [3.8, 4) is 0 Å². The van der Waals surface area contributed by atoms with Crippen molar-refractivity contribution in [3.05, 3.63) is 0 Å². The van der Waals surface area contributed by atoms with Crippen LogP contribution in [0.15, 0.2) is 0 Å². The van der Waals surface area contributed by atoms with Crippen molar-refractivity contribution < 1.29 is 13.2 Å². The second-order valence-electron chi connectivity index (χ2n) is 5.32. The lowest BCUT2D eigenvalue weighted by atomic mass is 10.2. The maximum atomic E-state index is 11.8. The van der Waals surface area contributed by atoms with Crippen molar-refractivity contribution in [1.29, 1.82) is 0 Å². The lowest BCUT2D eigenvalue weighted by Crippen LogP contribution is -2.41. The Morgan fingerprint density at radius 1 is 1.06 bits per heavy atom. The minimum Gasteiger partial charge on any atom is -0.338 e. The summed E-state index contributed by atoms with van der Waals surface area (Å²) >= 11 is 0. The van der Waals surface area contributed by atoms with Gasteiger partial charge in [-0.1, -0.05) is 19.8 Å². The second-order valence-corrected chi connectivity index (χ2v) is 8.18. The average molecular weight is 278 g/mol. The number of urea groups is 1. The van der Waals surface area contributed by atoms with E-state index in [1.54, 1.807) is 20.8 Å². The highest BCUT2D eigenvalue weighted by molar-refractivity contribution is 7.92. The summed E-state index contributed by atoms with van der Waals surface area (Å²) < 4.78 is 22.8. The van der Waals surface area contributed by atoms with Crippen molar-refractivity contribution in [2.75, 3.05) is 18.8 Å². The zero-order valence-corrected chi connectivity index (χ0v) is 12.7. The monoisotopic (exact) mass is 278 g/mol. The maximum Gasteiger partial charge on any atom is 0.314 e. The number of rotatable bonds is 7. The van der Waals surface area contributed by atoms with E-state index < -0.39 is 14.6 Å². The van der Waals surface area contributed by atoms with Gasteiger partial charge in [0.15, 0.2) is 9.84 Å². The van der Waals surface area contributed by atoms with Crippen LogP contribution in [0, 0.1) is 0 Å². The van der Waals surface area contributed by atoms with E-state index in [4.69, 9.17) is 0 Å². The molecule has 2 N–H and O–H groups in total. The highest BCUT2D eigenvalue weighted by atomic mass is 32.2. The highest BCUT2D eigenvalue weighted by Gasteiger charge is 2.28. The molecule has 18 heavy (non-hydrogen) atoms. The summed E-state index contributed by atoms with van der Waals surface area (Å²) in [5, 5.41) is 5.26. The molecule has 0 saturated heterocycles. The van der Waals surface area contributed by atoms with E-state index in [0.717, 1.165) is 19.3 Å². The molecule has 0 spiro atoms. The number of amides is 2. The molecular weight excluding hydrogens is 252 g/mol. The fraction of sp³-hybridized carbons (Fsp3) is 0.917. The Morgan fingerprint density at radius 3 is 2.11 bits per heavy atom. The summed E-state index contributed by atoms with van der Waals surface area (Å²) in [6, 6.07) is -0.296. The molecule has 0 aliphatic heterocycles. The number of carbonyl (C=O) groups is 1. The first-order chi connectivity index (χ1) is 8.20. The summed E-state index contributed by atoms with van der Waals surface area (Å²) in [5.74, 6) is -0.0289. The SMILES string of the molecule is CCCCCNC(=O)NCCS(=O)(=O)C(C)(C)C. The molecule has 2 amide bonds. The van der Waals surface area contributed by atoms with Crippen LogP contribution in [0.5, 0.6) is 0 Å². The normalized spacial score (nSPS) is 12.2. The van der Waals surface area contributed by atoms with Gasteiger partial charge in [-0.25, -0.2) is 13.2 Å². The Kier molecular flexibility index (Phi) is 7.28. The molecule has 0 unspecified atom stereocenters. The van der Waals surface area contributed by atoms with E-state index in [1.807, 2.05) is 0 Å². The fourth-order valence-corrected chi connectivity index (χ4v) is 2.23. The van der Waals surface area contributed by atoms with Gasteiger partial charge in [0.2, 0.25) is 0 Å².